The number of thioether (sulfide) groups is 1. The summed E-state index contributed by atoms with van der Waals surface area (Å²) in [4.78, 5) is 15.6. The first kappa shape index (κ1) is 27.8. The second-order valence-corrected chi connectivity index (χ2v) is 11.2. The average molecular weight is 572 g/mol. The highest BCUT2D eigenvalue weighted by atomic mass is 32.2. The van der Waals surface area contributed by atoms with Gasteiger partial charge in [-0.3, -0.25) is 9.69 Å². The Labute approximate surface area is 243 Å². The molecule has 8 heteroatoms. The Bertz CT molecular complexity index is 1500. The van der Waals surface area contributed by atoms with E-state index in [9.17, 15) is 9.18 Å². The summed E-state index contributed by atoms with van der Waals surface area (Å²) < 4.78 is 21.5. The van der Waals surface area contributed by atoms with E-state index in [0.29, 0.717) is 28.1 Å². The zero-order valence-corrected chi connectivity index (χ0v) is 23.9. The van der Waals surface area contributed by atoms with E-state index in [4.69, 9.17) is 22.1 Å². The summed E-state index contributed by atoms with van der Waals surface area (Å²) in [5.74, 6) is 0.378. The SMILES string of the molecule is CCCCCCN1C(=O)/C(=C/c2cn(-c3ccccc3)nc2-c2ccc(OCc3ccc(F)cc3)cc2)SC1=S. The van der Waals surface area contributed by atoms with Crippen LogP contribution in [0.1, 0.15) is 43.7 Å². The largest absolute Gasteiger partial charge is 0.489 e. The van der Waals surface area contributed by atoms with E-state index in [0.717, 1.165) is 53.8 Å². The molecule has 0 bridgehead atoms. The monoisotopic (exact) mass is 571 g/mol. The number of carbonyl (C=O) groups excluding carboxylic acids is 1. The lowest BCUT2D eigenvalue weighted by atomic mass is 10.1. The van der Waals surface area contributed by atoms with Gasteiger partial charge in [-0.15, -0.1) is 0 Å². The van der Waals surface area contributed by atoms with Crippen LogP contribution in [0.3, 0.4) is 0 Å². The van der Waals surface area contributed by atoms with Gasteiger partial charge in [0.1, 0.15) is 22.5 Å². The van der Waals surface area contributed by atoms with E-state index in [-0.39, 0.29) is 11.7 Å². The quantitative estimate of drug-likeness (QED) is 0.104. The van der Waals surface area contributed by atoms with E-state index in [2.05, 4.69) is 6.92 Å². The van der Waals surface area contributed by atoms with Gasteiger partial charge in [-0.25, -0.2) is 9.07 Å². The lowest BCUT2D eigenvalue weighted by Gasteiger charge is -2.13. The molecule has 2 heterocycles. The minimum absolute atomic E-state index is 0.0468. The van der Waals surface area contributed by atoms with Gasteiger partial charge >= 0.3 is 0 Å². The molecular formula is C32H30FN3O2S2. The molecule has 0 N–H and O–H groups in total. The lowest BCUT2D eigenvalue weighted by molar-refractivity contribution is -0.122. The van der Waals surface area contributed by atoms with Gasteiger partial charge in [0.15, 0.2) is 0 Å². The van der Waals surface area contributed by atoms with Crippen LogP contribution in [0.15, 0.2) is 90.0 Å². The van der Waals surface area contributed by atoms with Crippen molar-refractivity contribution in [1.82, 2.24) is 14.7 Å². The summed E-state index contributed by atoms with van der Waals surface area (Å²) in [7, 11) is 0. The molecule has 1 amide bonds. The first-order valence-electron chi connectivity index (χ1n) is 13.4. The maximum Gasteiger partial charge on any atom is 0.266 e. The van der Waals surface area contributed by atoms with Gasteiger partial charge in [-0.1, -0.05) is 80.5 Å². The molecule has 40 heavy (non-hydrogen) atoms. The summed E-state index contributed by atoms with van der Waals surface area (Å²) >= 11 is 6.90. The topological polar surface area (TPSA) is 47.4 Å². The fraction of sp³-hybridized carbons (Fsp3) is 0.219. The summed E-state index contributed by atoms with van der Waals surface area (Å²) in [6.45, 7) is 3.16. The van der Waals surface area contributed by atoms with Crippen LogP contribution in [-0.2, 0) is 11.4 Å². The summed E-state index contributed by atoms with van der Waals surface area (Å²) in [5.41, 5.74) is 4.28. The third kappa shape index (κ3) is 6.69. The summed E-state index contributed by atoms with van der Waals surface area (Å²) in [6.07, 6.45) is 8.17. The van der Waals surface area contributed by atoms with Gasteiger partial charge in [0.25, 0.3) is 5.91 Å². The molecule has 5 rings (SSSR count). The maximum absolute atomic E-state index is 13.2. The molecule has 0 aliphatic carbocycles. The number of aromatic nitrogens is 2. The first-order chi connectivity index (χ1) is 19.5. The Kier molecular flexibility index (Phi) is 9.08. The van der Waals surface area contributed by atoms with Crippen LogP contribution in [0.2, 0.25) is 0 Å². The zero-order chi connectivity index (χ0) is 27.9. The Balaban J connectivity index is 1.39. The number of halogens is 1. The van der Waals surface area contributed by atoms with Gasteiger partial charge in [-0.2, -0.15) is 5.10 Å². The van der Waals surface area contributed by atoms with E-state index in [1.165, 1.54) is 23.9 Å². The molecule has 204 valence electrons. The Morgan fingerprint density at radius 3 is 2.45 bits per heavy atom. The second-order valence-electron chi connectivity index (χ2n) is 9.55. The number of benzene rings is 3. The van der Waals surface area contributed by atoms with Gasteiger partial charge in [0.2, 0.25) is 0 Å². The van der Waals surface area contributed by atoms with Gasteiger partial charge in [0.05, 0.1) is 16.3 Å². The molecule has 1 saturated heterocycles. The molecule has 5 nitrogen and oxygen atoms in total. The fourth-order valence-corrected chi connectivity index (χ4v) is 5.72. The van der Waals surface area contributed by atoms with Crippen LogP contribution in [0.5, 0.6) is 5.75 Å². The number of carbonyl (C=O) groups is 1. The summed E-state index contributed by atoms with van der Waals surface area (Å²) in [6, 6.07) is 23.8. The molecule has 4 aromatic rings. The van der Waals surface area contributed by atoms with Gasteiger partial charge < -0.3 is 4.74 Å². The number of hydrogen-bond acceptors (Lipinski definition) is 5. The van der Waals surface area contributed by atoms with Crippen molar-refractivity contribution < 1.29 is 13.9 Å². The van der Waals surface area contributed by atoms with Crippen LogP contribution in [0, 0.1) is 5.82 Å². The van der Waals surface area contributed by atoms with Gasteiger partial charge in [0, 0.05) is 23.9 Å². The standard InChI is InChI=1S/C32H30FN3O2S2/c1-2-3-4-8-19-35-31(37)29(40-32(35)39)20-25-21-36(27-9-6-5-7-10-27)34-30(25)24-13-17-28(18-14-24)38-22-23-11-15-26(33)16-12-23/h5-7,9-18,20-21H,2-4,8,19,22H2,1H3/b29-20-. The van der Waals surface area contributed by atoms with Crippen molar-refractivity contribution in [3.8, 4) is 22.7 Å². The highest BCUT2D eigenvalue weighted by Gasteiger charge is 2.32. The maximum atomic E-state index is 13.2. The van der Waals surface area contributed by atoms with Crippen LogP contribution < -0.4 is 4.74 Å². The highest BCUT2D eigenvalue weighted by molar-refractivity contribution is 8.26. The van der Waals surface area contributed by atoms with Crippen molar-refractivity contribution in [2.24, 2.45) is 0 Å². The molecule has 3 aromatic carbocycles. The smallest absolute Gasteiger partial charge is 0.266 e. The van der Waals surface area contributed by atoms with Gasteiger partial charge in [-0.05, 0) is 66.6 Å². The van der Waals surface area contributed by atoms with E-state index >= 15 is 0 Å². The molecule has 0 spiro atoms. The number of amides is 1. The van der Waals surface area contributed by atoms with Crippen LogP contribution in [-0.4, -0.2) is 31.5 Å². The van der Waals surface area contributed by atoms with E-state index < -0.39 is 0 Å². The van der Waals surface area contributed by atoms with Crippen molar-refractivity contribution in [3.05, 3.63) is 107 Å². The zero-order valence-electron chi connectivity index (χ0n) is 22.3. The van der Waals surface area contributed by atoms with Crippen molar-refractivity contribution in [3.63, 3.8) is 0 Å². The van der Waals surface area contributed by atoms with Crippen LogP contribution in [0.4, 0.5) is 4.39 Å². The Morgan fingerprint density at radius 2 is 1.73 bits per heavy atom. The Hall–Kier alpha value is -3.75. The predicted octanol–water partition coefficient (Wildman–Crippen LogP) is 8.04. The first-order valence-corrected chi connectivity index (χ1v) is 14.6. The molecule has 0 radical (unpaired) electrons. The van der Waals surface area contributed by atoms with Crippen molar-refractivity contribution >= 4 is 40.3 Å². The number of para-hydroxylation sites is 1. The number of ether oxygens (including phenoxy) is 1. The molecule has 0 unspecified atom stereocenters. The normalized spacial score (nSPS) is 14.3. The molecule has 1 fully saturated rings. The summed E-state index contributed by atoms with van der Waals surface area (Å²) in [5, 5.41) is 4.89. The van der Waals surface area contributed by atoms with Crippen LogP contribution >= 0.6 is 24.0 Å². The number of hydrogen-bond donors (Lipinski definition) is 0. The number of nitrogens with zero attached hydrogens (tertiary/aromatic N) is 3. The molecule has 0 atom stereocenters. The Morgan fingerprint density at radius 1 is 0.975 bits per heavy atom. The minimum atomic E-state index is -0.270. The highest BCUT2D eigenvalue weighted by Crippen LogP contribution is 2.35. The van der Waals surface area contributed by atoms with Crippen molar-refractivity contribution in [1.29, 1.82) is 0 Å². The average Bonchev–Trinajstić information content (AvgIpc) is 3.52. The van der Waals surface area contributed by atoms with Crippen LogP contribution in [0.25, 0.3) is 23.0 Å². The number of thiocarbonyl (C=S) groups is 1. The van der Waals surface area contributed by atoms with Crippen molar-refractivity contribution in [2.75, 3.05) is 6.54 Å². The fourth-order valence-electron chi connectivity index (χ4n) is 4.42. The molecule has 1 aromatic heterocycles. The number of rotatable bonds is 11. The predicted molar refractivity (Wildman–Crippen MR) is 164 cm³/mol. The number of unbranched alkanes of at least 4 members (excludes halogenated alkanes) is 3. The second kappa shape index (κ2) is 13.1. The lowest BCUT2D eigenvalue weighted by Crippen LogP contribution is -2.29. The third-order valence-electron chi connectivity index (χ3n) is 6.61. The van der Waals surface area contributed by atoms with E-state index in [1.54, 1.807) is 17.0 Å². The van der Waals surface area contributed by atoms with Crippen molar-refractivity contribution in [2.45, 2.75) is 39.2 Å². The molecule has 1 aliphatic heterocycles. The molecule has 1 aliphatic rings. The van der Waals surface area contributed by atoms with E-state index in [1.807, 2.05) is 71.6 Å². The third-order valence-corrected chi connectivity index (χ3v) is 7.98. The molecule has 0 saturated carbocycles. The molecular weight excluding hydrogens is 542 g/mol. The minimum Gasteiger partial charge on any atom is -0.489 e.